The van der Waals surface area contributed by atoms with Gasteiger partial charge in [0.25, 0.3) is 0 Å². The first kappa shape index (κ1) is 12.8. The van der Waals surface area contributed by atoms with E-state index >= 15 is 0 Å². The molecule has 94 valence electrons. The number of likely N-dealkylation sites (N-methyl/N-ethyl adjacent to an activating group) is 1. The standard InChI is InChI=1S/C13H15ClN4/c1-16-13(12-3-2-10(14)8-18-12)6-9-7-17-5-4-11(9)15/h2-5,7-8,13,16H,6H2,1H3,(H2,15,17). The average molecular weight is 263 g/mol. The van der Waals surface area contributed by atoms with Crippen molar-refractivity contribution in [2.75, 3.05) is 12.8 Å². The van der Waals surface area contributed by atoms with Crippen LogP contribution < -0.4 is 11.1 Å². The van der Waals surface area contributed by atoms with Crippen LogP contribution in [0, 0.1) is 0 Å². The third-order valence-corrected chi connectivity index (χ3v) is 3.04. The molecule has 0 fully saturated rings. The Kier molecular flexibility index (Phi) is 4.12. The lowest BCUT2D eigenvalue weighted by molar-refractivity contribution is 0.576. The molecule has 0 bridgehead atoms. The van der Waals surface area contributed by atoms with Gasteiger partial charge in [0, 0.05) is 24.3 Å². The first-order valence-corrected chi connectivity index (χ1v) is 6.05. The Hall–Kier alpha value is -1.65. The van der Waals surface area contributed by atoms with Gasteiger partial charge in [-0.1, -0.05) is 11.6 Å². The quantitative estimate of drug-likeness (QED) is 0.887. The van der Waals surface area contributed by atoms with Crippen molar-refractivity contribution in [1.29, 1.82) is 0 Å². The number of nitrogens with zero attached hydrogens (tertiary/aromatic N) is 2. The summed E-state index contributed by atoms with van der Waals surface area (Å²) in [6.45, 7) is 0. The SMILES string of the molecule is CNC(Cc1cnccc1N)c1ccc(Cl)cn1. The minimum absolute atomic E-state index is 0.0915. The van der Waals surface area contributed by atoms with Crippen molar-refractivity contribution < 1.29 is 0 Å². The molecule has 0 amide bonds. The van der Waals surface area contributed by atoms with Crippen LogP contribution in [0.1, 0.15) is 17.3 Å². The number of nitrogen functional groups attached to an aromatic ring is 1. The van der Waals surface area contributed by atoms with Crippen molar-refractivity contribution in [3.63, 3.8) is 0 Å². The predicted octanol–water partition coefficient (Wildman–Crippen LogP) is 2.22. The zero-order valence-electron chi connectivity index (χ0n) is 10.1. The Labute approximate surface area is 111 Å². The van der Waals surface area contributed by atoms with E-state index in [1.165, 1.54) is 0 Å². The summed E-state index contributed by atoms with van der Waals surface area (Å²) in [4.78, 5) is 8.41. The summed E-state index contributed by atoms with van der Waals surface area (Å²) in [7, 11) is 1.90. The second-order valence-electron chi connectivity index (χ2n) is 4.02. The van der Waals surface area contributed by atoms with Gasteiger partial charge in [0.2, 0.25) is 0 Å². The predicted molar refractivity (Wildman–Crippen MR) is 73.4 cm³/mol. The van der Waals surface area contributed by atoms with E-state index in [1.807, 2.05) is 19.2 Å². The van der Waals surface area contributed by atoms with Crippen LogP contribution in [-0.4, -0.2) is 17.0 Å². The number of nitrogens with one attached hydrogen (secondary N) is 1. The van der Waals surface area contributed by atoms with Gasteiger partial charge in [0.05, 0.1) is 16.8 Å². The smallest absolute Gasteiger partial charge is 0.0589 e. The topological polar surface area (TPSA) is 63.8 Å². The van der Waals surface area contributed by atoms with E-state index in [0.29, 0.717) is 5.02 Å². The van der Waals surface area contributed by atoms with Gasteiger partial charge in [-0.2, -0.15) is 0 Å². The third kappa shape index (κ3) is 2.97. The number of hydrogen-bond donors (Lipinski definition) is 2. The Bertz CT molecular complexity index is 513. The van der Waals surface area contributed by atoms with Gasteiger partial charge in [0.1, 0.15) is 0 Å². The van der Waals surface area contributed by atoms with Crippen LogP contribution in [0.15, 0.2) is 36.8 Å². The van der Waals surface area contributed by atoms with Crippen LogP contribution in [0.3, 0.4) is 0 Å². The van der Waals surface area contributed by atoms with Gasteiger partial charge in [-0.05, 0) is 37.2 Å². The molecule has 18 heavy (non-hydrogen) atoms. The van der Waals surface area contributed by atoms with Gasteiger partial charge in [-0.15, -0.1) is 0 Å². The number of pyridine rings is 2. The average Bonchev–Trinajstić information content (AvgIpc) is 2.39. The lowest BCUT2D eigenvalue weighted by atomic mass is 10.0. The first-order valence-electron chi connectivity index (χ1n) is 5.68. The van der Waals surface area contributed by atoms with Gasteiger partial charge in [0.15, 0.2) is 0 Å². The lowest BCUT2D eigenvalue weighted by Gasteiger charge is -2.16. The molecular weight excluding hydrogens is 248 g/mol. The van der Waals surface area contributed by atoms with E-state index < -0.39 is 0 Å². The zero-order chi connectivity index (χ0) is 13.0. The summed E-state index contributed by atoms with van der Waals surface area (Å²) in [6, 6.07) is 5.64. The van der Waals surface area contributed by atoms with E-state index in [2.05, 4.69) is 15.3 Å². The highest BCUT2D eigenvalue weighted by atomic mass is 35.5. The molecule has 3 N–H and O–H groups in total. The Morgan fingerprint density at radius 2 is 2.17 bits per heavy atom. The molecule has 0 saturated carbocycles. The highest BCUT2D eigenvalue weighted by Gasteiger charge is 2.13. The molecule has 1 atom stereocenters. The minimum Gasteiger partial charge on any atom is -0.398 e. The molecule has 5 heteroatoms. The normalized spacial score (nSPS) is 12.3. The molecule has 0 aromatic carbocycles. The molecule has 2 rings (SSSR count). The second-order valence-corrected chi connectivity index (χ2v) is 4.46. The van der Waals surface area contributed by atoms with Crippen LogP contribution in [0.2, 0.25) is 5.02 Å². The second kappa shape index (κ2) is 5.80. The Morgan fingerprint density at radius 1 is 1.33 bits per heavy atom. The summed E-state index contributed by atoms with van der Waals surface area (Å²) in [5.41, 5.74) is 8.61. The molecule has 4 nitrogen and oxygen atoms in total. The minimum atomic E-state index is 0.0915. The first-order chi connectivity index (χ1) is 8.70. The number of nitrogens with two attached hydrogens (primary N) is 1. The summed E-state index contributed by atoms with van der Waals surface area (Å²) >= 11 is 5.83. The maximum Gasteiger partial charge on any atom is 0.0589 e. The fourth-order valence-electron chi connectivity index (χ4n) is 1.78. The van der Waals surface area contributed by atoms with Crippen molar-refractivity contribution in [1.82, 2.24) is 15.3 Å². The fraction of sp³-hybridized carbons (Fsp3) is 0.231. The van der Waals surface area contributed by atoms with Crippen LogP contribution in [-0.2, 0) is 6.42 Å². The van der Waals surface area contributed by atoms with Gasteiger partial charge in [-0.3, -0.25) is 9.97 Å². The largest absolute Gasteiger partial charge is 0.398 e. The van der Waals surface area contributed by atoms with E-state index in [9.17, 15) is 0 Å². The third-order valence-electron chi connectivity index (χ3n) is 2.82. The van der Waals surface area contributed by atoms with Crippen LogP contribution in [0.4, 0.5) is 5.69 Å². The molecule has 0 aliphatic heterocycles. The zero-order valence-corrected chi connectivity index (χ0v) is 10.9. The molecule has 1 unspecified atom stereocenters. The van der Waals surface area contributed by atoms with Crippen molar-refractivity contribution in [3.05, 3.63) is 53.1 Å². The number of halogens is 1. The van der Waals surface area contributed by atoms with Crippen molar-refractivity contribution in [2.45, 2.75) is 12.5 Å². The molecular formula is C13H15ClN4. The molecule has 0 saturated heterocycles. The van der Waals surface area contributed by atoms with Crippen molar-refractivity contribution >= 4 is 17.3 Å². The maximum absolute atomic E-state index is 5.92. The molecule has 2 aromatic heterocycles. The maximum atomic E-state index is 5.92. The number of aromatic nitrogens is 2. The highest BCUT2D eigenvalue weighted by Crippen LogP contribution is 2.20. The van der Waals surface area contributed by atoms with E-state index in [-0.39, 0.29) is 6.04 Å². The van der Waals surface area contributed by atoms with Crippen LogP contribution in [0.5, 0.6) is 0 Å². The monoisotopic (exact) mass is 262 g/mol. The highest BCUT2D eigenvalue weighted by molar-refractivity contribution is 6.30. The molecule has 2 aromatic rings. The lowest BCUT2D eigenvalue weighted by Crippen LogP contribution is -2.20. The summed E-state index contributed by atoms with van der Waals surface area (Å²) < 4.78 is 0. The van der Waals surface area contributed by atoms with Gasteiger partial charge >= 0.3 is 0 Å². The molecule has 2 heterocycles. The molecule has 0 spiro atoms. The van der Waals surface area contributed by atoms with Gasteiger partial charge < -0.3 is 11.1 Å². The van der Waals surface area contributed by atoms with E-state index in [1.54, 1.807) is 24.7 Å². The number of hydrogen-bond acceptors (Lipinski definition) is 4. The summed E-state index contributed by atoms with van der Waals surface area (Å²) in [6.07, 6.45) is 5.86. The Morgan fingerprint density at radius 3 is 2.78 bits per heavy atom. The summed E-state index contributed by atoms with van der Waals surface area (Å²) in [5.74, 6) is 0. The molecule has 0 aliphatic rings. The number of anilines is 1. The van der Waals surface area contributed by atoms with E-state index in [4.69, 9.17) is 17.3 Å². The molecule has 0 aliphatic carbocycles. The number of rotatable bonds is 4. The van der Waals surface area contributed by atoms with E-state index in [0.717, 1.165) is 23.4 Å². The van der Waals surface area contributed by atoms with Crippen molar-refractivity contribution in [2.24, 2.45) is 0 Å². The Balaban J connectivity index is 2.20. The fourth-order valence-corrected chi connectivity index (χ4v) is 1.89. The van der Waals surface area contributed by atoms with Crippen LogP contribution >= 0.6 is 11.6 Å². The van der Waals surface area contributed by atoms with Crippen molar-refractivity contribution in [3.8, 4) is 0 Å². The van der Waals surface area contributed by atoms with Gasteiger partial charge in [-0.25, -0.2) is 0 Å². The summed E-state index contributed by atoms with van der Waals surface area (Å²) in [5, 5.41) is 3.86. The van der Waals surface area contributed by atoms with Crippen LogP contribution in [0.25, 0.3) is 0 Å². The molecule has 0 radical (unpaired) electrons.